The molecule has 0 aromatic rings. The highest BCUT2D eigenvalue weighted by atomic mass is 32.2. The monoisotopic (exact) mass is 246 g/mol. The zero-order chi connectivity index (χ0) is 11.9. The van der Waals surface area contributed by atoms with Gasteiger partial charge in [0.05, 0.1) is 6.61 Å². The number of nitrogens with two attached hydrogens (primary N) is 1. The summed E-state index contributed by atoms with van der Waals surface area (Å²) in [6.45, 7) is -0.0291. The van der Waals surface area contributed by atoms with E-state index >= 15 is 0 Å². The number of rotatable bonds is 6. The number of thioether (sulfide) groups is 1. The average molecular weight is 246 g/mol. The lowest BCUT2D eigenvalue weighted by Crippen LogP contribution is -2.44. The minimum Gasteiger partial charge on any atom is -0.383 e. The Labute approximate surface area is 89.7 Å². The van der Waals surface area contributed by atoms with Crippen LogP contribution in [0, 0.1) is 0 Å². The maximum absolute atomic E-state index is 11.7. The summed E-state index contributed by atoms with van der Waals surface area (Å²) >= 11 is -0.186. The number of hydrogen-bond donors (Lipinski definition) is 2. The average Bonchev–Trinajstić information content (AvgIpc) is 2.11. The molecule has 1 amide bonds. The Kier molecular flexibility index (Phi) is 6.70. The lowest BCUT2D eigenvalue weighted by molar-refractivity contribution is -0.123. The van der Waals surface area contributed by atoms with E-state index in [1.54, 1.807) is 0 Å². The molecule has 0 aromatic carbocycles. The molecule has 90 valence electrons. The topological polar surface area (TPSA) is 64.3 Å². The van der Waals surface area contributed by atoms with E-state index in [4.69, 9.17) is 5.73 Å². The summed E-state index contributed by atoms with van der Waals surface area (Å²) in [4.78, 5) is 11.1. The van der Waals surface area contributed by atoms with Crippen molar-refractivity contribution in [1.29, 1.82) is 0 Å². The Morgan fingerprint density at radius 1 is 1.60 bits per heavy atom. The molecule has 0 fully saturated rings. The van der Waals surface area contributed by atoms with Crippen LogP contribution in [-0.2, 0) is 9.53 Å². The summed E-state index contributed by atoms with van der Waals surface area (Å²) in [5, 5.41) is 2.28. The second kappa shape index (κ2) is 6.91. The molecule has 0 aliphatic rings. The van der Waals surface area contributed by atoms with Gasteiger partial charge in [-0.15, -0.1) is 0 Å². The van der Waals surface area contributed by atoms with E-state index < -0.39 is 17.5 Å². The molecular formula is C7H13F3N2O2S. The number of carbonyl (C=O) groups excluding carboxylic acids is 1. The predicted molar refractivity (Wildman–Crippen MR) is 51.4 cm³/mol. The van der Waals surface area contributed by atoms with Gasteiger partial charge in [0.2, 0.25) is 5.91 Å². The Hall–Kier alpha value is -0.470. The van der Waals surface area contributed by atoms with Crippen molar-refractivity contribution >= 4 is 17.7 Å². The van der Waals surface area contributed by atoms with Crippen molar-refractivity contribution < 1.29 is 22.7 Å². The van der Waals surface area contributed by atoms with Crippen LogP contribution in [0.3, 0.4) is 0 Å². The fourth-order valence-corrected chi connectivity index (χ4v) is 1.16. The van der Waals surface area contributed by atoms with Gasteiger partial charge < -0.3 is 15.8 Å². The van der Waals surface area contributed by atoms with Crippen molar-refractivity contribution in [2.24, 2.45) is 5.73 Å². The summed E-state index contributed by atoms with van der Waals surface area (Å²) in [6.07, 6.45) is 0. The highest BCUT2D eigenvalue weighted by Gasteiger charge is 2.27. The van der Waals surface area contributed by atoms with Gasteiger partial charge in [0, 0.05) is 19.4 Å². The van der Waals surface area contributed by atoms with Gasteiger partial charge in [0.15, 0.2) is 0 Å². The van der Waals surface area contributed by atoms with Gasteiger partial charge in [-0.3, -0.25) is 4.79 Å². The minimum absolute atomic E-state index is 0.0399. The molecule has 8 heteroatoms. The summed E-state index contributed by atoms with van der Waals surface area (Å²) < 4.78 is 39.6. The minimum atomic E-state index is -4.26. The van der Waals surface area contributed by atoms with Gasteiger partial charge >= 0.3 is 5.51 Å². The van der Waals surface area contributed by atoms with Crippen LogP contribution in [0.2, 0.25) is 0 Å². The molecule has 0 radical (unpaired) electrons. The van der Waals surface area contributed by atoms with E-state index in [1.165, 1.54) is 7.11 Å². The standard InChI is InChI=1S/C7H13F3N2O2S/c1-14-4-5(11)6(13)12-2-3-15-7(8,9)10/h5H,2-4,11H2,1H3,(H,12,13). The number of alkyl halides is 3. The summed E-state index contributed by atoms with van der Waals surface area (Å²) in [5.41, 5.74) is 1.07. The first-order chi connectivity index (χ1) is 6.87. The molecule has 0 heterocycles. The van der Waals surface area contributed by atoms with Crippen molar-refractivity contribution in [3.8, 4) is 0 Å². The van der Waals surface area contributed by atoms with Crippen molar-refractivity contribution in [1.82, 2.24) is 5.32 Å². The van der Waals surface area contributed by atoms with E-state index in [-0.39, 0.29) is 30.7 Å². The maximum atomic E-state index is 11.7. The Morgan fingerprint density at radius 3 is 2.67 bits per heavy atom. The summed E-state index contributed by atoms with van der Waals surface area (Å²) in [6, 6.07) is -0.842. The second-order valence-corrected chi connectivity index (χ2v) is 3.81. The Morgan fingerprint density at radius 2 is 2.20 bits per heavy atom. The van der Waals surface area contributed by atoms with E-state index in [1.807, 2.05) is 0 Å². The molecule has 0 aromatic heterocycles. The number of ether oxygens (including phenoxy) is 1. The van der Waals surface area contributed by atoms with Crippen molar-refractivity contribution in [2.45, 2.75) is 11.6 Å². The van der Waals surface area contributed by atoms with E-state index in [9.17, 15) is 18.0 Å². The van der Waals surface area contributed by atoms with Gasteiger partial charge in [-0.05, 0) is 11.8 Å². The van der Waals surface area contributed by atoms with Crippen molar-refractivity contribution in [3.05, 3.63) is 0 Å². The van der Waals surface area contributed by atoms with Crippen molar-refractivity contribution in [3.63, 3.8) is 0 Å². The fourth-order valence-electron chi connectivity index (χ4n) is 0.727. The van der Waals surface area contributed by atoms with Gasteiger partial charge in [-0.25, -0.2) is 0 Å². The lowest BCUT2D eigenvalue weighted by Gasteiger charge is -2.11. The molecule has 1 atom stereocenters. The molecular weight excluding hydrogens is 233 g/mol. The fraction of sp³-hybridized carbons (Fsp3) is 0.857. The van der Waals surface area contributed by atoms with Gasteiger partial charge in [-0.2, -0.15) is 13.2 Å². The molecule has 0 saturated heterocycles. The second-order valence-electron chi connectivity index (χ2n) is 2.65. The predicted octanol–water partition coefficient (Wildman–Crippen LogP) is 0.329. The molecule has 0 aliphatic heterocycles. The number of halogens is 3. The highest BCUT2D eigenvalue weighted by Crippen LogP contribution is 2.29. The first kappa shape index (κ1) is 14.5. The molecule has 3 N–H and O–H groups in total. The number of carbonyl (C=O) groups is 1. The molecule has 0 rings (SSSR count). The number of nitrogens with one attached hydrogen (secondary N) is 1. The SMILES string of the molecule is COCC(N)C(=O)NCCSC(F)(F)F. The number of amides is 1. The highest BCUT2D eigenvalue weighted by molar-refractivity contribution is 8.00. The molecule has 0 saturated carbocycles. The van der Waals surface area contributed by atoms with Gasteiger partial charge in [0.1, 0.15) is 6.04 Å². The maximum Gasteiger partial charge on any atom is 0.441 e. The first-order valence-electron chi connectivity index (χ1n) is 4.09. The van der Waals surface area contributed by atoms with Crippen LogP contribution in [0.4, 0.5) is 13.2 Å². The first-order valence-corrected chi connectivity index (χ1v) is 5.08. The van der Waals surface area contributed by atoms with E-state index in [0.717, 1.165) is 0 Å². The zero-order valence-corrected chi connectivity index (χ0v) is 8.95. The quantitative estimate of drug-likeness (QED) is 0.663. The molecule has 15 heavy (non-hydrogen) atoms. The van der Waals surface area contributed by atoms with Crippen molar-refractivity contribution in [2.75, 3.05) is 26.0 Å². The summed E-state index contributed by atoms with van der Waals surface area (Å²) in [5.74, 6) is -0.741. The van der Waals surface area contributed by atoms with Crippen LogP contribution < -0.4 is 11.1 Å². The Balaban J connectivity index is 3.55. The van der Waals surface area contributed by atoms with Crippen LogP contribution in [0.25, 0.3) is 0 Å². The molecule has 0 aliphatic carbocycles. The van der Waals surface area contributed by atoms with Crippen LogP contribution in [0.1, 0.15) is 0 Å². The van der Waals surface area contributed by atoms with Crippen LogP contribution in [0.5, 0.6) is 0 Å². The number of hydrogen-bond acceptors (Lipinski definition) is 4. The van der Waals surface area contributed by atoms with Gasteiger partial charge in [0.25, 0.3) is 0 Å². The molecule has 0 bridgehead atoms. The van der Waals surface area contributed by atoms with Gasteiger partial charge in [-0.1, -0.05) is 0 Å². The van der Waals surface area contributed by atoms with E-state index in [0.29, 0.717) is 0 Å². The molecule has 0 spiro atoms. The third kappa shape index (κ3) is 8.52. The molecule has 4 nitrogen and oxygen atoms in total. The van der Waals surface area contributed by atoms with Crippen LogP contribution >= 0.6 is 11.8 Å². The van der Waals surface area contributed by atoms with E-state index in [2.05, 4.69) is 10.1 Å². The Bertz CT molecular complexity index is 201. The van der Waals surface area contributed by atoms with Crippen LogP contribution in [0.15, 0.2) is 0 Å². The smallest absolute Gasteiger partial charge is 0.383 e. The van der Waals surface area contributed by atoms with Crippen LogP contribution in [-0.4, -0.2) is 43.5 Å². The largest absolute Gasteiger partial charge is 0.441 e. The molecule has 1 unspecified atom stereocenters. The third-order valence-electron chi connectivity index (χ3n) is 1.35. The lowest BCUT2D eigenvalue weighted by atomic mass is 10.3. The normalized spacial score (nSPS) is 13.7. The number of methoxy groups -OCH3 is 1. The zero-order valence-electron chi connectivity index (χ0n) is 8.13. The summed E-state index contributed by atoms with van der Waals surface area (Å²) in [7, 11) is 1.38. The third-order valence-corrected chi connectivity index (χ3v) is 2.09.